The van der Waals surface area contributed by atoms with E-state index in [0.717, 1.165) is 0 Å². The maximum atomic E-state index is 12.9. The number of hydrogen-bond donors (Lipinski definition) is 2. The smallest absolute Gasteiger partial charge is 0.311 e. The number of rotatable bonds is 7. The first kappa shape index (κ1) is 16.1. The van der Waals surface area contributed by atoms with E-state index in [1.165, 1.54) is 18.2 Å². The molecule has 2 N–H and O–H groups in total. The number of ether oxygens (including phenoxy) is 1. The van der Waals surface area contributed by atoms with E-state index in [1.807, 2.05) is 0 Å². The maximum Gasteiger partial charge on any atom is 0.311 e. The predicted molar refractivity (Wildman–Crippen MR) is 69.4 cm³/mol. The normalized spacial score (nSPS) is 11.5. The lowest BCUT2D eigenvalue weighted by molar-refractivity contribution is -0.386. The molecule has 8 heteroatoms. The molecule has 0 aliphatic carbocycles. The molecule has 0 aliphatic heterocycles. The average Bonchev–Trinajstić information content (AvgIpc) is 2.35. The second-order valence-corrected chi connectivity index (χ2v) is 4.47. The number of nitrogens with zero attached hydrogens (tertiary/aromatic N) is 1. The van der Waals surface area contributed by atoms with Crippen molar-refractivity contribution in [3.63, 3.8) is 0 Å². The minimum atomic E-state index is -3.26. The topological polar surface area (TPSA) is 84.6 Å². The van der Waals surface area contributed by atoms with Crippen molar-refractivity contribution in [2.24, 2.45) is 0 Å². The van der Waals surface area contributed by atoms with Gasteiger partial charge in [-0.2, -0.15) is 0 Å². The van der Waals surface area contributed by atoms with E-state index < -0.39 is 24.0 Å². The fraction of sp³-hybridized carbons (Fsp3) is 0.500. The van der Waals surface area contributed by atoms with Crippen LogP contribution in [0.2, 0.25) is 0 Å². The summed E-state index contributed by atoms with van der Waals surface area (Å²) in [5.41, 5.74) is 0.0116. The average molecular weight is 290 g/mol. The first-order chi connectivity index (χ1) is 9.25. The summed E-state index contributed by atoms with van der Waals surface area (Å²) in [4.78, 5) is 10.2. The minimum Gasteiger partial charge on any atom is -0.484 e. The highest BCUT2D eigenvalue weighted by atomic mass is 19.3. The van der Waals surface area contributed by atoms with E-state index in [0.29, 0.717) is 0 Å². The molecule has 0 saturated carbocycles. The Bertz CT molecular complexity index is 481. The molecule has 0 aliphatic rings. The molecule has 1 aromatic rings. The van der Waals surface area contributed by atoms with Crippen molar-refractivity contribution in [1.29, 1.82) is 0 Å². The molecule has 0 radical (unpaired) electrons. The number of benzene rings is 1. The van der Waals surface area contributed by atoms with Crippen LogP contribution in [-0.2, 0) is 0 Å². The molecule has 6 nitrogen and oxygen atoms in total. The number of aliphatic hydroxyl groups excluding tert-OH is 1. The third kappa shape index (κ3) is 4.61. The number of halogens is 2. The first-order valence-electron chi connectivity index (χ1n) is 5.93. The lowest BCUT2D eigenvalue weighted by Crippen LogP contribution is -2.31. The number of aliphatic hydroxyl groups is 1. The Morgan fingerprint density at radius 3 is 2.65 bits per heavy atom. The van der Waals surface area contributed by atoms with Gasteiger partial charge in [0.15, 0.2) is 5.75 Å². The summed E-state index contributed by atoms with van der Waals surface area (Å²) in [6.45, 7) is 1.35. The van der Waals surface area contributed by atoms with E-state index in [2.05, 4.69) is 5.32 Å². The maximum absolute atomic E-state index is 12.9. The van der Waals surface area contributed by atoms with Crippen LogP contribution in [0.5, 0.6) is 5.75 Å². The quantitative estimate of drug-likeness (QED) is 0.595. The van der Waals surface area contributed by atoms with Crippen molar-refractivity contribution in [2.45, 2.75) is 25.9 Å². The number of hydrogen-bond acceptors (Lipinski definition) is 5. The van der Waals surface area contributed by atoms with Crippen molar-refractivity contribution < 1.29 is 23.5 Å². The molecule has 0 atom stereocenters. The van der Waals surface area contributed by atoms with Gasteiger partial charge < -0.3 is 15.2 Å². The molecule has 0 fully saturated rings. The predicted octanol–water partition coefficient (Wildman–Crippen LogP) is 2.42. The van der Waals surface area contributed by atoms with Crippen molar-refractivity contribution >= 4 is 11.4 Å². The Kier molecular flexibility index (Phi) is 5.20. The molecule has 1 rings (SSSR count). The van der Waals surface area contributed by atoms with Crippen molar-refractivity contribution in [3.05, 3.63) is 28.3 Å². The lowest BCUT2D eigenvalue weighted by atomic mass is 10.2. The number of alkyl halides is 2. The van der Waals surface area contributed by atoms with E-state index in [-0.39, 0.29) is 23.2 Å². The Morgan fingerprint density at radius 2 is 2.15 bits per heavy atom. The van der Waals surface area contributed by atoms with Gasteiger partial charge in [-0.25, -0.2) is 8.78 Å². The lowest BCUT2D eigenvalue weighted by Gasteiger charge is -2.16. The number of nitrogens with one attached hydrogen (secondary N) is 1. The van der Waals surface area contributed by atoms with Crippen LogP contribution in [0.4, 0.5) is 20.2 Å². The van der Waals surface area contributed by atoms with Crippen LogP contribution in [0.15, 0.2) is 18.2 Å². The second-order valence-electron chi connectivity index (χ2n) is 4.47. The third-order valence-corrected chi connectivity index (χ3v) is 2.30. The molecular formula is C12H16F2N2O4. The zero-order chi connectivity index (χ0) is 15.3. The van der Waals surface area contributed by atoms with Crippen LogP contribution < -0.4 is 10.1 Å². The van der Waals surface area contributed by atoms with Gasteiger partial charge in [-0.15, -0.1) is 0 Å². The Balaban J connectivity index is 2.92. The van der Waals surface area contributed by atoms with Crippen LogP contribution in [-0.4, -0.2) is 35.2 Å². The fourth-order valence-electron chi connectivity index (χ4n) is 1.41. The zero-order valence-corrected chi connectivity index (χ0v) is 11.1. The molecule has 0 heterocycles. The van der Waals surface area contributed by atoms with Crippen LogP contribution in [0.25, 0.3) is 0 Å². The Labute approximate surface area is 114 Å². The number of anilines is 1. The molecule has 0 aromatic heterocycles. The molecule has 0 unspecified atom stereocenters. The summed E-state index contributed by atoms with van der Waals surface area (Å²) < 4.78 is 31.1. The van der Waals surface area contributed by atoms with E-state index in [1.54, 1.807) is 13.8 Å². The molecule has 0 amide bonds. The highest BCUT2D eigenvalue weighted by Gasteiger charge is 2.27. The molecule has 0 spiro atoms. The molecule has 0 saturated heterocycles. The van der Waals surface area contributed by atoms with Crippen molar-refractivity contribution in [1.82, 2.24) is 0 Å². The third-order valence-electron chi connectivity index (χ3n) is 2.30. The van der Waals surface area contributed by atoms with Crippen molar-refractivity contribution in [2.75, 3.05) is 18.5 Å². The molecule has 1 aromatic carbocycles. The fourth-order valence-corrected chi connectivity index (χ4v) is 1.41. The molecule has 0 bridgehead atoms. The summed E-state index contributed by atoms with van der Waals surface area (Å²) in [5, 5.41) is 21.7. The van der Waals surface area contributed by atoms with Crippen LogP contribution in [0.1, 0.15) is 13.8 Å². The number of nitro groups is 1. The van der Waals surface area contributed by atoms with Crippen LogP contribution in [0, 0.1) is 10.1 Å². The van der Waals surface area contributed by atoms with Gasteiger partial charge in [0.1, 0.15) is 6.61 Å². The van der Waals surface area contributed by atoms with E-state index >= 15 is 0 Å². The minimum absolute atomic E-state index is 0.00214. The zero-order valence-electron chi connectivity index (χ0n) is 11.1. The van der Waals surface area contributed by atoms with Gasteiger partial charge in [0.05, 0.1) is 17.6 Å². The van der Waals surface area contributed by atoms with E-state index in [9.17, 15) is 18.9 Å². The molecule has 20 heavy (non-hydrogen) atoms. The van der Waals surface area contributed by atoms with Gasteiger partial charge >= 0.3 is 5.69 Å². The van der Waals surface area contributed by atoms with Gasteiger partial charge in [-0.1, -0.05) is 0 Å². The Hall–Kier alpha value is -1.96. The summed E-state index contributed by atoms with van der Waals surface area (Å²) in [6, 6.07) is 3.77. The SMILES string of the molecule is CC(C)Oc1cc(NCC(F)(F)CO)ccc1[N+](=O)[O-]. The van der Waals surface area contributed by atoms with Gasteiger partial charge in [0, 0.05) is 17.8 Å². The van der Waals surface area contributed by atoms with Gasteiger partial charge in [0.25, 0.3) is 5.92 Å². The summed E-state index contributed by atoms with van der Waals surface area (Å²) >= 11 is 0. The van der Waals surface area contributed by atoms with Gasteiger partial charge in [0.2, 0.25) is 0 Å². The highest BCUT2D eigenvalue weighted by Crippen LogP contribution is 2.31. The Morgan fingerprint density at radius 1 is 1.50 bits per heavy atom. The van der Waals surface area contributed by atoms with Crippen LogP contribution >= 0.6 is 0 Å². The largest absolute Gasteiger partial charge is 0.484 e. The monoisotopic (exact) mass is 290 g/mol. The number of nitro benzene ring substituents is 1. The summed E-state index contributed by atoms with van der Waals surface area (Å²) in [7, 11) is 0. The summed E-state index contributed by atoms with van der Waals surface area (Å²) in [6.07, 6.45) is -0.289. The first-order valence-corrected chi connectivity index (χ1v) is 5.93. The highest BCUT2D eigenvalue weighted by molar-refractivity contribution is 5.58. The van der Waals surface area contributed by atoms with E-state index in [4.69, 9.17) is 9.84 Å². The molecular weight excluding hydrogens is 274 g/mol. The standard InChI is InChI=1S/C12H16F2N2O4/c1-8(2)20-11-5-9(3-4-10(11)16(18)19)15-6-12(13,14)7-17/h3-5,8,15,17H,6-7H2,1-2H3. The summed E-state index contributed by atoms with van der Waals surface area (Å²) in [5.74, 6) is -3.26. The van der Waals surface area contributed by atoms with Gasteiger partial charge in [-0.05, 0) is 19.9 Å². The van der Waals surface area contributed by atoms with Crippen LogP contribution in [0.3, 0.4) is 0 Å². The van der Waals surface area contributed by atoms with Crippen molar-refractivity contribution in [3.8, 4) is 5.75 Å². The molecule has 112 valence electrons. The second kappa shape index (κ2) is 6.47. The van der Waals surface area contributed by atoms with Gasteiger partial charge in [-0.3, -0.25) is 10.1 Å².